The van der Waals surface area contributed by atoms with Gasteiger partial charge in [0.15, 0.2) is 34.6 Å². The number of aliphatic hydroxyl groups is 2. The highest BCUT2D eigenvalue weighted by atomic mass is 16.8. The molecule has 66 heavy (non-hydrogen) atoms. The Morgan fingerprint density at radius 2 is 1.74 bits per heavy atom. The Bertz CT molecular complexity index is 2410. The van der Waals surface area contributed by atoms with Crippen molar-refractivity contribution in [1.29, 1.82) is 5.26 Å². The maximum atomic E-state index is 16.4. The quantitative estimate of drug-likeness (QED) is 0.103. The van der Waals surface area contributed by atoms with Crippen LogP contribution in [0.1, 0.15) is 116 Å². The van der Waals surface area contributed by atoms with Crippen LogP contribution in [0.5, 0.6) is 17.2 Å². The highest BCUT2D eigenvalue weighted by Gasteiger charge is 2.86. The van der Waals surface area contributed by atoms with Crippen LogP contribution in [-0.4, -0.2) is 106 Å². The molecule has 6 fully saturated rings. The molecular formula is C51H62N2O13. The van der Waals surface area contributed by atoms with Crippen LogP contribution in [0.25, 0.3) is 10.9 Å². The van der Waals surface area contributed by atoms with E-state index in [4.69, 9.17) is 44.5 Å². The van der Waals surface area contributed by atoms with Gasteiger partial charge in [-0.15, -0.1) is 0 Å². The zero-order valence-corrected chi connectivity index (χ0v) is 39.7. The van der Waals surface area contributed by atoms with Gasteiger partial charge in [-0.3, -0.25) is 14.4 Å². The lowest BCUT2D eigenvalue weighted by Gasteiger charge is -2.62. The molecule has 2 N–H and O–H groups in total. The number of allylic oxidation sites excluding steroid dienone is 4. The molecule has 3 saturated carbocycles. The van der Waals surface area contributed by atoms with Crippen molar-refractivity contribution in [3.8, 4) is 23.3 Å². The predicted molar refractivity (Wildman–Crippen MR) is 238 cm³/mol. The van der Waals surface area contributed by atoms with E-state index in [2.05, 4.69) is 17.0 Å². The van der Waals surface area contributed by atoms with Crippen LogP contribution < -0.4 is 14.2 Å². The van der Waals surface area contributed by atoms with Crippen molar-refractivity contribution < 1.29 is 62.5 Å². The summed E-state index contributed by atoms with van der Waals surface area (Å²) < 4.78 is 51.7. The molecule has 5 heterocycles. The summed E-state index contributed by atoms with van der Waals surface area (Å²) in [5, 5.41) is 33.9. The first kappa shape index (κ1) is 47.6. The van der Waals surface area contributed by atoms with E-state index < -0.39 is 106 Å². The first-order chi connectivity index (χ1) is 31.0. The molecule has 13 atom stereocenters. The van der Waals surface area contributed by atoms with E-state index in [1.54, 1.807) is 26.8 Å². The van der Waals surface area contributed by atoms with Crippen molar-refractivity contribution in [2.24, 2.45) is 23.7 Å². The number of ketones is 2. The molecule has 3 saturated heterocycles. The summed E-state index contributed by atoms with van der Waals surface area (Å²) in [4.78, 5) is 48.3. The third kappa shape index (κ3) is 7.33. The number of esters is 1. The topological polar surface area (TPSA) is 194 Å². The molecule has 1 aromatic rings. The smallest absolute Gasteiger partial charge is 0.333 e. The second-order valence-corrected chi connectivity index (χ2v) is 20.6. The standard InChI is InChI=1S/C51H62N2O13/c1-25(2)14-13-19-49(10)20-18-29-40(64-49)28(16-15-26(3)4)42-35(41(29)62-46-39(56)38(55)43-32(61-46)24-60-48(8,9)63-43)37(54)36-34(31(23-52)53-11)30-22-33-47(6,7)66-50(44(30)57,51(33,36)65-42)21-17-27(5)45(58)59-12/h14-15,17-18,20,30-34,36,38-39,43,46,55-56H,13,16,19,21-22,24H2,1-10,12H3/b27-17-/t30?,31?,32-,33?,34?,36?,38-,39-,43-,46+,49?,50?,51?/m0/s1. The van der Waals surface area contributed by atoms with E-state index in [-0.39, 0.29) is 48.5 Å². The van der Waals surface area contributed by atoms with Crippen molar-refractivity contribution in [2.45, 2.75) is 166 Å². The Morgan fingerprint density at radius 3 is 2.39 bits per heavy atom. The van der Waals surface area contributed by atoms with Gasteiger partial charge in [-0.25, -0.2) is 11.4 Å². The molecule has 1 spiro atoms. The van der Waals surface area contributed by atoms with Gasteiger partial charge < -0.3 is 48.1 Å². The Labute approximate surface area is 386 Å². The summed E-state index contributed by atoms with van der Waals surface area (Å²) in [7, 11) is 1.26. The van der Waals surface area contributed by atoms with E-state index in [1.807, 2.05) is 66.7 Å². The lowest BCUT2D eigenvalue weighted by Crippen LogP contribution is -2.79. The largest absolute Gasteiger partial charge is 0.482 e. The molecule has 8 aliphatic rings. The minimum Gasteiger partial charge on any atom is -0.482 e. The summed E-state index contributed by atoms with van der Waals surface area (Å²) in [5.74, 6) is -6.33. The summed E-state index contributed by atoms with van der Waals surface area (Å²) in [6.45, 7) is 26.8. The molecule has 3 aliphatic carbocycles. The van der Waals surface area contributed by atoms with Gasteiger partial charge in [-0.05, 0) is 107 Å². The number of hydrogen-bond acceptors (Lipinski definition) is 14. The van der Waals surface area contributed by atoms with Gasteiger partial charge in [-0.2, -0.15) is 5.26 Å². The lowest BCUT2D eigenvalue weighted by atomic mass is 9.42. The van der Waals surface area contributed by atoms with Crippen LogP contribution >= 0.6 is 0 Å². The summed E-state index contributed by atoms with van der Waals surface area (Å²) in [6.07, 6.45) is 4.32. The number of nitrogens with zero attached hydrogens (tertiary/aromatic N) is 2. The fourth-order valence-electron chi connectivity index (χ4n) is 11.8. The zero-order chi connectivity index (χ0) is 48.1. The number of rotatable bonds is 11. The summed E-state index contributed by atoms with van der Waals surface area (Å²) >= 11 is 0. The normalized spacial score (nSPS) is 36.7. The van der Waals surface area contributed by atoms with Crippen LogP contribution in [0, 0.1) is 41.6 Å². The Kier molecular flexibility index (Phi) is 12.1. The molecule has 9 rings (SSSR count). The van der Waals surface area contributed by atoms with Crippen molar-refractivity contribution in [1.82, 2.24) is 0 Å². The van der Waals surface area contributed by atoms with Gasteiger partial charge in [0.1, 0.15) is 52.8 Å². The first-order valence-corrected chi connectivity index (χ1v) is 22.9. The number of hydrogen-bond donors (Lipinski definition) is 2. The van der Waals surface area contributed by atoms with Crippen molar-refractivity contribution >= 4 is 23.6 Å². The molecule has 0 radical (unpaired) electrons. The third-order valence-electron chi connectivity index (χ3n) is 14.8. The highest BCUT2D eigenvalue weighted by Crippen LogP contribution is 2.72. The number of methoxy groups -OCH3 is 1. The van der Waals surface area contributed by atoms with Gasteiger partial charge in [0.2, 0.25) is 6.29 Å². The van der Waals surface area contributed by atoms with E-state index in [0.29, 0.717) is 29.7 Å². The first-order valence-electron chi connectivity index (χ1n) is 22.9. The van der Waals surface area contributed by atoms with Gasteiger partial charge in [0.25, 0.3) is 0 Å². The van der Waals surface area contributed by atoms with Gasteiger partial charge >= 0.3 is 12.0 Å². The molecule has 1 aromatic carbocycles. The highest BCUT2D eigenvalue weighted by molar-refractivity contribution is 6.10. The summed E-state index contributed by atoms with van der Waals surface area (Å²) in [6, 6.07) is 0.677. The molecule has 8 unspecified atom stereocenters. The maximum absolute atomic E-state index is 16.4. The average molecular weight is 911 g/mol. The van der Waals surface area contributed by atoms with E-state index >= 15 is 9.59 Å². The van der Waals surface area contributed by atoms with Crippen LogP contribution in [0.2, 0.25) is 0 Å². The van der Waals surface area contributed by atoms with Crippen molar-refractivity contribution in [2.75, 3.05) is 13.7 Å². The SMILES string of the molecule is [C-]#[N+]C(C#N)C1C2CC3C(C)(C)OC(C/C=C(/C)C(=O)OC)(C2=O)C32Oc3c(CC=C(C)C)c4c(c(O[C@H]5O[C@H]6COC(C)(C)O[C@@H]6[C@@H](O)[C@@H]5O)c3C(=O)C12)C=CC(C)(CCC=C(C)C)O4. The van der Waals surface area contributed by atoms with Crippen LogP contribution in [-0.2, 0) is 39.7 Å². The predicted octanol–water partition coefficient (Wildman–Crippen LogP) is 6.72. The number of nitriles is 1. The van der Waals surface area contributed by atoms with Crippen molar-refractivity contribution in [3.05, 3.63) is 69.1 Å². The fraction of sp³-hybridized carbons (Fsp3) is 0.627. The Balaban J connectivity index is 1.40. The average Bonchev–Trinajstić information content (AvgIpc) is 3.39. The number of ether oxygens (including phenoxy) is 8. The number of Topliss-reactive ketones (excluding diaryl/α,β-unsaturated/α-hetero) is 2. The van der Waals surface area contributed by atoms with E-state index in [1.165, 1.54) is 7.11 Å². The molecule has 15 nitrogen and oxygen atoms in total. The maximum Gasteiger partial charge on any atom is 0.333 e. The second kappa shape index (κ2) is 16.7. The van der Waals surface area contributed by atoms with E-state index in [0.717, 1.165) is 11.1 Å². The molecule has 0 aromatic heterocycles. The van der Waals surface area contributed by atoms with Crippen LogP contribution in [0.4, 0.5) is 0 Å². The molecule has 5 aliphatic heterocycles. The van der Waals surface area contributed by atoms with Crippen molar-refractivity contribution in [3.63, 3.8) is 0 Å². The Hall–Kier alpha value is -4.87. The lowest BCUT2D eigenvalue weighted by molar-refractivity contribution is -0.373. The number of carbonyl (C=O) groups excluding carboxylic acids is 3. The Morgan fingerprint density at radius 1 is 1.03 bits per heavy atom. The number of aliphatic hydroxyl groups excluding tert-OH is 2. The summed E-state index contributed by atoms with van der Waals surface area (Å²) in [5.41, 5.74) is -2.50. The molecule has 4 bridgehead atoms. The molecule has 0 amide bonds. The van der Waals surface area contributed by atoms with Crippen LogP contribution in [0.15, 0.2) is 41.0 Å². The van der Waals surface area contributed by atoms with Gasteiger partial charge in [0, 0.05) is 29.4 Å². The monoisotopic (exact) mass is 910 g/mol. The molecule has 15 heteroatoms. The fourth-order valence-corrected chi connectivity index (χ4v) is 11.8. The molecular weight excluding hydrogens is 849 g/mol. The van der Waals surface area contributed by atoms with Gasteiger partial charge in [-0.1, -0.05) is 29.4 Å². The van der Waals surface area contributed by atoms with Gasteiger partial charge in [0.05, 0.1) is 36.7 Å². The zero-order valence-electron chi connectivity index (χ0n) is 39.7. The number of benzene rings is 1. The van der Waals surface area contributed by atoms with Crippen LogP contribution in [0.3, 0.4) is 0 Å². The second-order valence-electron chi connectivity index (χ2n) is 20.6. The number of fused-ring (bicyclic) bond motifs is 3. The minimum atomic E-state index is -1.86. The molecule has 354 valence electrons. The number of carbonyl (C=O) groups is 3. The third-order valence-corrected chi connectivity index (χ3v) is 14.8. The van der Waals surface area contributed by atoms with E-state index in [9.17, 15) is 20.3 Å². The minimum absolute atomic E-state index is 0.00523.